The molecule has 0 aliphatic rings. The normalized spacial score (nSPS) is 12.2. The molecule has 76 heavy (non-hydrogen) atoms. The van der Waals surface area contributed by atoms with Crippen LogP contribution >= 0.6 is 0 Å². The lowest BCUT2D eigenvalue weighted by Crippen LogP contribution is -2.30. The Bertz CT molecular complexity index is 1270. The van der Waals surface area contributed by atoms with E-state index in [1.165, 1.54) is 270 Å². The van der Waals surface area contributed by atoms with E-state index >= 15 is 0 Å². The number of hydrogen-bond acceptors (Lipinski definition) is 6. The maximum Gasteiger partial charge on any atom is 0.306 e. The highest BCUT2D eigenvalue weighted by Crippen LogP contribution is 2.18. The summed E-state index contributed by atoms with van der Waals surface area (Å²) in [6, 6.07) is 0. The fourth-order valence-electron chi connectivity index (χ4n) is 10.2. The minimum absolute atomic E-state index is 0.0694. The molecule has 0 fully saturated rings. The Balaban J connectivity index is 4.33. The molecule has 1 unspecified atom stereocenters. The van der Waals surface area contributed by atoms with Gasteiger partial charge in [0.2, 0.25) is 0 Å². The minimum atomic E-state index is -0.774. The van der Waals surface area contributed by atoms with Gasteiger partial charge in [-0.25, -0.2) is 0 Å². The Morgan fingerprint density at radius 3 is 0.737 bits per heavy atom. The summed E-state index contributed by atoms with van der Waals surface area (Å²) >= 11 is 0. The molecule has 0 saturated heterocycles. The van der Waals surface area contributed by atoms with Crippen LogP contribution in [-0.2, 0) is 28.6 Å². The first-order valence-electron chi connectivity index (χ1n) is 34.0. The Hall–Kier alpha value is -2.37. The van der Waals surface area contributed by atoms with E-state index in [-0.39, 0.29) is 31.1 Å². The standard InChI is InChI=1S/C70H130O6/c1-4-7-10-13-16-19-22-25-28-31-34-35-37-39-42-45-48-51-54-57-60-63-69(72)75-66-67(65-74-68(71)62-59-56-53-50-47-44-41-38-33-30-27-24-21-18-15-12-9-6-3)76-70(73)64-61-58-55-52-49-46-43-40-36-32-29-26-23-20-17-14-11-8-5-2/h22,25-26,29,31,34,67H,4-21,23-24,27-28,30,32-33,35-66H2,1-3H3/b25-22-,29-26-,34-31-. The number of hydrogen-bond donors (Lipinski definition) is 0. The number of allylic oxidation sites excluding steroid dienone is 6. The largest absolute Gasteiger partial charge is 0.462 e. The Kier molecular flexibility index (Phi) is 63.1. The fraction of sp³-hybridized carbons (Fsp3) is 0.871. The van der Waals surface area contributed by atoms with E-state index in [0.29, 0.717) is 19.3 Å². The highest BCUT2D eigenvalue weighted by molar-refractivity contribution is 5.71. The van der Waals surface area contributed by atoms with Gasteiger partial charge in [0.25, 0.3) is 0 Å². The van der Waals surface area contributed by atoms with Gasteiger partial charge in [-0.2, -0.15) is 0 Å². The summed E-state index contributed by atoms with van der Waals surface area (Å²) in [5.74, 6) is -0.848. The molecule has 0 bridgehead atoms. The topological polar surface area (TPSA) is 78.9 Å². The molecule has 0 aromatic carbocycles. The summed E-state index contributed by atoms with van der Waals surface area (Å²) in [6.07, 6.45) is 80.1. The van der Waals surface area contributed by atoms with Crippen LogP contribution in [0.1, 0.15) is 374 Å². The number of carbonyl (C=O) groups is 3. The molecule has 0 spiro atoms. The molecule has 0 aromatic rings. The number of rotatable bonds is 63. The number of ether oxygens (including phenoxy) is 3. The second kappa shape index (κ2) is 65.2. The van der Waals surface area contributed by atoms with Gasteiger partial charge >= 0.3 is 17.9 Å². The van der Waals surface area contributed by atoms with E-state index in [4.69, 9.17) is 14.2 Å². The van der Waals surface area contributed by atoms with Gasteiger partial charge in [0.15, 0.2) is 6.10 Å². The molecule has 0 N–H and O–H groups in total. The van der Waals surface area contributed by atoms with Gasteiger partial charge in [0, 0.05) is 19.3 Å². The van der Waals surface area contributed by atoms with Crippen molar-refractivity contribution in [1.82, 2.24) is 0 Å². The van der Waals surface area contributed by atoms with Crippen LogP contribution in [-0.4, -0.2) is 37.2 Å². The number of esters is 3. The van der Waals surface area contributed by atoms with Crippen LogP contribution < -0.4 is 0 Å². The smallest absolute Gasteiger partial charge is 0.306 e. The van der Waals surface area contributed by atoms with Gasteiger partial charge in [-0.3, -0.25) is 14.4 Å². The summed E-state index contributed by atoms with van der Waals surface area (Å²) in [6.45, 7) is 6.69. The molecule has 446 valence electrons. The molecule has 0 amide bonds. The molecule has 0 heterocycles. The quantitative estimate of drug-likeness (QED) is 0.0261. The van der Waals surface area contributed by atoms with E-state index in [2.05, 4.69) is 57.2 Å². The molecule has 0 aromatic heterocycles. The average Bonchev–Trinajstić information content (AvgIpc) is 3.42. The van der Waals surface area contributed by atoms with Crippen molar-refractivity contribution in [2.24, 2.45) is 0 Å². The van der Waals surface area contributed by atoms with E-state index < -0.39 is 6.10 Å². The van der Waals surface area contributed by atoms with Crippen LogP contribution in [0.15, 0.2) is 36.5 Å². The Morgan fingerprint density at radius 1 is 0.263 bits per heavy atom. The third-order valence-corrected chi connectivity index (χ3v) is 15.4. The van der Waals surface area contributed by atoms with Gasteiger partial charge in [-0.05, 0) is 77.0 Å². The molecule has 6 heteroatoms. The zero-order valence-electron chi connectivity index (χ0n) is 51.3. The molecule has 0 radical (unpaired) electrons. The van der Waals surface area contributed by atoms with Gasteiger partial charge in [-0.1, -0.05) is 314 Å². The zero-order chi connectivity index (χ0) is 55.0. The Labute approximate surface area is 474 Å². The minimum Gasteiger partial charge on any atom is -0.462 e. The lowest BCUT2D eigenvalue weighted by molar-refractivity contribution is -0.167. The van der Waals surface area contributed by atoms with Crippen molar-refractivity contribution in [1.29, 1.82) is 0 Å². The predicted molar refractivity (Wildman–Crippen MR) is 330 cm³/mol. The predicted octanol–water partition coefficient (Wildman–Crippen LogP) is 23.2. The lowest BCUT2D eigenvalue weighted by Gasteiger charge is -2.18. The van der Waals surface area contributed by atoms with Gasteiger partial charge in [0.05, 0.1) is 0 Å². The van der Waals surface area contributed by atoms with Crippen molar-refractivity contribution in [2.45, 2.75) is 380 Å². The summed E-state index contributed by atoms with van der Waals surface area (Å²) in [7, 11) is 0. The molecule has 0 aliphatic heterocycles. The molecule has 0 saturated carbocycles. The summed E-state index contributed by atoms with van der Waals surface area (Å²) in [4.78, 5) is 38.4. The van der Waals surface area contributed by atoms with E-state index in [1.54, 1.807) is 0 Å². The van der Waals surface area contributed by atoms with Crippen molar-refractivity contribution in [2.75, 3.05) is 13.2 Å². The average molecular weight is 1070 g/mol. The lowest BCUT2D eigenvalue weighted by atomic mass is 10.0. The molecular formula is C70H130O6. The third kappa shape index (κ3) is 62.5. The van der Waals surface area contributed by atoms with Crippen molar-refractivity contribution in [3.05, 3.63) is 36.5 Å². The number of unbranched alkanes of at least 4 members (excludes halogenated alkanes) is 46. The molecule has 1 atom stereocenters. The highest BCUT2D eigenvalue weighted by atomic mass is 16.6. The SMILES string of the molecule is CCCCCCC/C=C\C/C=C\CCCCCCCCCCCC(=O)OCC(COC(=O)CCCCCCCCCCCCCCCCCCCC)OC(=O)CCCCCCCCCCC/C=C\CCCCCCCC. The number of carbonyl (C=O) groups excluding carboxylic acids is 3. The first-order valence-corrected chi connectivity index (χ1v) is 34.0. The highest BCUT2D eigenvalue weighted by Gasteiger charge is 2.19. The van der Waals surface area contributed by atoms with E-state index in [1.807, 2.05) is 0 Å². The zero-order valence-corrected chi connectivity index (χ0v) is 51.3. The molecule has 0 aliphatic carbocycles. The fourth-order valence-corrected chi connectivity index (χ4v) is 10.2. The first-order chi connectivity index (χ1) is 37.5. The first kappa shape index (κ1) is 73.6. The summed E-state index contributed by atoms with van der Waals surface area (Å²) < 4.78 is 17.0. The van der Waals surface area contributed by atoms with Crippen LogP contribution in [0.4, 0.5) is 0 Å². The molecule has 6 nitrogen and oxygen atoms in total. The second-order valence-electron chi connectivity index (χ2n) is 23.1. The van der Waals surface area contributed by atoms with E-state index in [9.17, 15) is 14.4 Å². The van der Waals surface area contributed by atoms with Crippen LogP contribution in [0, 0.1) is 0 Å². The van der Waals surface area contributed by atoms with Crippen molar-refractivity contribution < 1.29 is 28.6 Å². The molecular weight excluding hydrogens is 937 g/mol. The summed E-state index contributed by atoms with van der Waals surface area (Å²) in [5.41, 5.74) is 0. The van der Waals surface area contributed by atoms with Gasteiger partial charge in [-0.15, -0.1) is 0 Å². The van der Waals surface area contributed by atoms with Crippen LogP contribution in [0.25, 0.3) is 0 Å². The summed E-state index contributed by atoms with van der Waals surface area (Å²) in [5, 5.41) is 0. The monoisotopic (exact) mass is 1070 g/mol. The van der Waals surface area contributed by atoms with Crippen LogP contribution in [0.2, 0.25) is 0 Å². The Morgan fingerprint density at radius 2 is 0.474 bits per heavy atom. The van der Waals surface area contributed by atoms with Crippen molar-refractivity contribution in [3.8, 4) is 0 Å². The maximum atomic E-state index is 12.9. The van der Waals surface area contributed by atoms with Crippen molar-refractivity contribution >= 4 is 17.9 Å². The third-order valence-electron chi connectivity index (χ3n) is 15.4. The second-order valence-corrected chi connectivity index (χ2v) is 23.1. The maximum absolute atomic E-state index is 12.9. The van der Waals surface area contributed by atoms with Crippen LogP contribution in [0.3, 0.4) is 0 Å². The molecule has 0 rings (SSSR count). The van der Waals surface area contributed by atoms with Crippen LogP contribution in [0.5, 0.6) is 0 Å². The van der Waals surface area contributed by atoms with Gasteiger partial charge in [0.1, 0.15) is 13.2 Å². The van der Waals surface area contributed by atoms with E-state index in [0.717, 1.165) is 64.2 Å². The van der Waals surface area contributed by atoms with Gasteiger partial charge < -0.3 is 14.2 Å². The van der Waals surface area contributed by atoms with Crippen molar-refractivity contribution in [3.63, 3.8) is 0 Å².